The van der Waals surface area contributed by atoms with Gasteiger partial charge >= 0.3 is 0 Å². The predicted octanol–water partition coefficient (Wildman–Crippen LogP) is 3.42. The molecule has 0 aromatic heterocycles. The maximum absolute atomic E-state index is 5.10. The molecule has 0 amide bonds. The van der Waals surface area contributed by atoms with Gasteiger partial charge in [0.25, 0.3) is 0 Å². The third-order valence-corrected chi connectivity index (χ3v) is 5.41. The average Bonchev–Trinajstić information content (AvgIpc) is 3.06. The minimum Gasteiger partial charge on any atom is -0.383 e. The van der Waals surface area contributed by atoms with Crippen molar-refractivity contribution in [3.05, 3.63) is 28.2 Å². The molecule has 21 heavy (non-hydrogen) atoms. The highest BCUT2D eigenvalue weighted by Gasteiger charge is 2.36. The Morgan fingerprint density at radius 3 is 2.76 bits per heavy atom. The number of anilines is 1. The summed E-state index contributed by atoms with van der Waals surface area (Å²) in [6, 6.07) is 6.68. The molecule has 0 bridgehead atoms. The lowest BCUT2D eigenvalue weighted by molar-refractivity contribution is 0.199. The molecular formula is C17H25BrN2O. The summed E-state index contributed by atoms with van der Waals surface area (Å²) in [6.07, 6.45) is 4.29. The van der Waals surface area contributed by atoms with Crippen molar-refractivity contribution in [2.45, 2.75) is 25.8 Å². The summed E-state index contributed by atoms with van der Waals surface area (Å²) >= 11 is 3.63. The van der Waals surface area contributed by atoms with Gasteiger partial charge in [-0.15, -0.1) is 0 Å². The zero-order chi connectivity index (χ0) is 14.7. The number of hydrogen-bond donors (Lipinski definition) is 1. The molecule has 1 heterocycles. The Kier molecular flexibility index (Phi) is 5.19. The van der Waals surface area contributed by atoms with Crippen molar-refractivity contribution in [3.63, 3.8) is 0 Å². The van der Waals surface area contributed by atoms with Crippen LogP contribution in [0, 0.1) is 11.8 Å². The molecule has 116 valence electrons. The third kappa shape index (κ3) is 3.61. The third-order valence-electron chi connectivity index (χ3n) is 4.91. The molecule has 3 rings (SSSR count). The van der Waals surface area contributed by atoms with E-state index in [4.69, 9.17) is 4.74 Å². The molecule has 1 saturated carbocycles. The number of nitrogens with zero attached hydrogens (tertiary/aromatic N) is 1. The molecule has 2 atom stereocenters. The number of rotatable bonds is 6. The highest BCUT2D eigenvalue weighted by Crippen LogP contribution is 2.40. The van der Waals surface area contributed by atoms with E-state index >= 15 is 0 Å². The molecule has 1 N–H and O–H groups in total. The predicted molar refractivity (Wildman–Crippen MR) is 90.8 cm³/mol. The van der Waals surface area contributed by atoms with Gasteiger partial charge in [-0.25, -0.2) is 0 Å². The normalized spacial score (nSPS) is 24.6. The van der Waals surface area contributed by atoms with E-state index in [9.17, 15) is 0 Å². The number of benzene rings is 1. The number of ether oxygens (including phenoxy) is 1. The van der Waals surface area contributed by atoms with Crippen LogP contribution in [0.15, 0.2) is 22.7 Å². The molecule has 4 heteroatoms. The van der Waals surface area contributed by atoms with Gasteiger partial charge in [0.1, 0.15) is 0 Å². The topological polar surface area (TPSA) is 24.5 Å². The smallest absolute Gasteiger partial charge is 0.0587 e. The highest BCUT2D eigenvalue weighted by atomic mass is 79.9. The Hall–Kier alpha value is -0.580. The lowest BCUT2D eigenvalue weighted by atomic mass is 10.0. The number of halogens is 1. The van der Waals surface area contributed by atoms with E-state index in [2.05, 4.69) is 44.3 Å². The summed E-state index contributed by atoms with van der Waals surface area (Å²) in [5, 5.41) is 3.47. The number of fused-ring (bicyclic) bond motifs is 1. The first-order valence-corrected chi connectivity index (χ1v) is 8.80. The van der Waals surface area contributed by atoms with Gasteiger partial charge in [0, 0.05) is 43.4 Å². The van der Waals surface area contributed by atoms with E-state index in [1.807, 2.05) is 0 Å². The number of hydrogen-bond acceptors (Lipinski definition) is 3. The summed E-state index contributed by atoms with van der Waals surface area (Å²) in [6.45, 7) is 5.06. The van der Waals surface area contributed by atoms with Gasteiger partial charge in [-0.3, -0.25) is 0 Å². The van der Waals surface area contributed by atoms with E-state index in [-0.39, 0.29) is 0 Å². The lowest BCUT2D eigenvalue weighted by Gasteiger charge is -2.23. The summed E-state index contributed by atoms with van der Waals surface area (Å²) < 4.78 is 6.27. The highest BCUT2D eigenvalue weighted by molar-refractivity contribution is 9.10. The van der Waals surface area contributed by atoms with E-state index in [0.717, 1.165) is 31.5 Å². The van der Waals surface area contributed by atoms with Crippen molar-refractivity contribution in [3.8, 4) is 0 Å². The van der Waals surface area contributed by atoms with Crippen LogP contribution in [0.4, 0.5) is 5.69 Å². The first-order chi connectivity index (χ1) is 10.3. The molecule has 1 aromatic carbocycles. The first-order valence-electron chi connectivity index (χ1n) is 8.01. The van der Waals surface area contributed by atoms with Crippen LogP contribution in [0.2, 0.25) is 0 Å². The Bertz CT molecular complexity index is 468. The monoisotopic (exact) mass is 352 g/mol. The Morgan fingerprint density at radius 2 is 2.05 bits per heavy atom. The van der Waals surface area contributed by atoms with Crippen molar-refractivity contribution < 1.29 is 4.74 Å². The van der Waals surface area contributed by atoms with Crippen LogP contribution in [-0.4, -0.2) is 33.4 Å². The van der Waals surface area contributed by atoms with Gasteiger partial charge < -0.3 is 15.0 Å². The lowest BCUT2D eigenvalue weighted by Crippen LogP contribution is -2.25. The molecule has 3 nitrogen and oxygen atoms in total. The van der Waals surface area contributed by atoms with Crippen LogP contribution in [0.25, 0.3) is 0 Å². The Morgan fingerprint density at radius 1 is 1.29 bits per heavy atom. The van der Waals surface area contributed by atoms with E-state index in [1.165, 1.54) is 48.1 Å². The van der Waals surface area contributed by atoms with Gasteiger partial charge in [0.2, 0.25) is 0 Å². The van der Waals surface area contributed by atoms with Crippen LogP contribution in [-0.2, 0) is 11.3 Å². The first kappa shape index (κ1) is 15.3. The van der Waals surface area contributed by atoms with E-state index in [1.54, 1.807) is 7.11 Å². The van der Waals surface area contributed by atoms with Crippen LogP contribution in [0.3, 0.4) is 0 Å². The SMILES string of the molecule is COCCNCc1ccc(Br)cc1N1CC2CCCC2C1. The summed E-state index contributed by atoms with van der Waals surface area (Å²) in [7, 11) is 1.75. The molecular weight excluding hydrogens is 328 g/mol. The fourth-order valence-electron chi connectivity index (χ4n) is 3.81. The van der Waals surface area contributed by atoms with E-state index in [0.29, 0.717) is 0 Å². The summed E-state index contributed by atoms with van der Waals surface area (Å²) in [5.41, 5.74) is 2.80. The Balaban J connectivity index is 1.69. The quantitative estimate of drug-likeness (QED) is 0.793. The van der Waals surface area contributed by atoms with Crippen molar-refractivity contribution in [2.24, 2.45) is 11.8 Å². The number of methoxy groups -OCH3 is 1. The molecule has 0 radical (unpaired) electrons. The minimum atomic E-state index is 0.764. The molecule has 2 aliphatic rings. The average molecular weight is 353 g/mol. The van der Waals surface area contributed by atoms with Crippen LogP contribution < -0.4 is 10.2 Å². The van der Waals surface area contributed by atoms with Crippen LogP contribution >= 0.6 is 15.9 Å². The van der Waals surface area contributed by atoms with Crippen LogP contribution in [0.5, 0.6) is 0 Å². The molecule has 1 aliphatic heterocycles. The standard InChI is InChI=1S/C17H25BrN2O/c1-21-8-7-19-10-13-5-6-16(18)9-17(13)20-11-14-3-2-4-15(14)12-20/h5-6,9,14-15,19H,2-4,7-8,10-12H2,1H3. The zero-order valence-electron chi connectivity index (χ0n) is 12.8. The van der Waals surface area contributed by atoms with Gasteiger partial charge in [-0.2, -0.15) is 0 Å². The molecule has 1 aliphatic carbocycles. The zero-order valence-corrected chi connectivity index (χ0v) is 14.4. The van der Waals surface area contributed by atoms with Crippen LogP contribution in [0.1, 0.15) is 24.8 Å². The maximum Gasteiger partial charge on any atom is 0.0587 e. The second kappa shape index (κ2) is 7.12. The fourth-order valence-corrected chi connectivity index (χ4v) is 4.16. The summed E-state index contributed by atoms with van der Waals surface area (Å²) in [5.74, 6) is 1.86. The van der Waals surface area contributed by atoms with Gasteiger partial charge in [0.15, 0.2) is 0 Å². The van der Waals surface area contributed by atoms with Gasteiger partial charge in [-0.05, 0) is 42.4 Å². The molecule has 0 spiro atoms. The van der Waals surface area contributed by atoms with Crippen molar-refractivity contribution in [1.29, 1.82) is 0 Å². The van der Waals surface area contributed by atoms with Crippen molar-refractivity contribution in [1.82, 2.24) is 5.32 Å². The second-order valence-corrected chi connectivity index (χ2v) is 7.21. The van der Waals surface area contributed by atoms with E-state index < -0.39 is 0 Å². The Labute approximate surface area is 136 Å². The molecule has 2 fully saturated rings. The number of nitrogens with one attached hydrogen (secondary N) is 1. The van der Waals surface area contributed by atoms with Crippen molar-refractivity contribution >= 4 is 21.6 Å². The van der Waals surface area contributed by atoms with Crippen molar-refractivity contribution in [2.75, 3.05) is 38.3 Å². The molecule has 1 aromatic rings. The largest absolute Gasteiger partial charge is 0.383 e. The maximum atomic E-state index is 5.10. The molecule has 2 unspecified atom stereocenters. The fraction of sp³-hybridized carbons (Fsp3) is 0.647. The van der Waals surface area contributed by atoms with Gasteiger partial charge in [0.05, 0.1) is 6.61 Å². The summed E-state index contributed by atoms with van der Waals surface area (Å²) in [4.78, 5) is 2.60. The van der Waals surface area contributed by atoms with Gasteiger partial charge in [-0.1, -0.05) is 28.4 Å². The second-order valence-electron chi connectivity index (χ2n) is 6.30. The molecule has 1 saturated heterocycles. The minimum absolute atomic E-state index is 0.764.